The molecule has 1 aromatic heterocycles. The van der Waals surface area contributed by atoms with Gasteiger partial charge < -0.3 is 15.3 Å². The van der Waals surface area contributed by atoms with Gasteiger partial charge in [-0.3, -0.25) is 9.69 Å². The van der Waals surface area contributed by atoms with Crippen LogP contribution in [0.25, 0.3) is 0 Å². The van der Waals surface area contributed by atoms with Crippen LogP contribution in [-0.2, 0) is 17.8 Å². The van der Waals surface area contributed by atoms with Gasteiger partial charge in [0.05, 0.1) is 18.8 Å². The first-order chi connectivity index (χ1) is 11.7. The first-order valence-corrected chi connectivity index (χ1v) is 8.06. The minimum absolute atomic E-state index is 0.184. The Labute approximate surface area is 141 Å². The maximum Gasteiger partial charge on any atom is 0.252 e. The molecule has 3 rings (SSSR count). The lowest BCUT2D eigenvalue weighted by Gasteiger charge is -2.27. The van der Waals surface area contributed by atoms with Crippen molar-refractivity contribution in [2.24, 2.45) is 0 Å². The molecule has 2 aromatic rings. The van der Waals surface area contributed by atoms with Crippen molar-refractivity contribution in [1.29, 1.82) is 0 Å². The Morgan fingerprint density at radius 2 is 1.79 bits per heavy atom. The van der Waals surface area contributed by atoms with Crippen LogP contribution in [0, 0.1) is 5.21 Å². The van der Waals surface area contributed by atoms with Gasteiger partial charge in [-0.05, 0) is 11.1 Å². The van der Waals surface area contributed by atoms with Gasteiger partial charge in [0.2, 0.25) is 0 Å². The lowest BCUT2D eigenvalue weighted by Crippen LogP contribution is -2.36. The highest BCUT2D eigenvalue weighted by atomic mass is 16.5. The number of carbonyl (C=O) groups excluding carboxylic acids is 1. The molecule has 2 heterocycles. The summed E-state index contributed by atoms with van der Waals surface area (Å²) in [5.74, 6) is -0.184. The smallest absolute Gasteiger partial charge is 0.252 e. The fraction of sp³-hybridized carbons (Fsp3) is 0.333. The molecule has 0 saturated carbocycles. The van der Waals surface area contributed by atoms with Crippen LogP contribution < -0.4 is 10.0 Å². The molecule has 1 aliphatic rings. The van der Waals surface area contributed by atoms with Crippen LogP contribution in [0.5, 0.6) is 0 Å². The lowest BCUT2D eigenvalue weighted by molar-refractivity contribution is -0.605. The summed E-state index contributed by atoms with van der Waals surface area (Å²) in [7, 11) is 0. The standard InChI is InChI=1S/C18H21N3O3/c22-18(15-5-7-21(23)8-6-15)19-13-16-3-1-2-4-17(16)14-20-9-11-24-12-10-20/h1-8H,9-14H2,(H,19,22). The van der Waals surface area contributed by atoms with Crippen molar-refractivity contribution >= 4 is 5.91 Å². The fourth-order valence-electron chi connectivity index (χ4n) is 2.73. The molecule has 0 bridgehead atoms. The Bertz CT molecular complexity index is 682. The molecule has 0 aliphatic carbocycles. The average molecular weight is 327 g/mol. The summed E-state index contributed by atoms with van der Waals surface area (Å²) >= 11 is 0. The summed E-state index contributed by atoms with van der Waals surface area (Å²) in [5, 5.41) is 13.9. The highest BCUT2D eigenvalue weighted by molar-refractivity contribution is 5.93. The van der Waals surface area contributed by atoms with Crippen molar-refractivity contribution < 1.29 is 14.3 Å². The normalized spacial score (nSPS) is 15.2. The zero-order chi connectivity index (χ0) is 16.8. The second kappa shape index (κ2) is 7.90. The summed E-state index contributed by atoms with van der Waals surface area (Å²) in [6.07, 6.45) is 2.64. The first kappa shape index (κ1) is 16.4. The van der Waals surface area contributed by atoms with Crippen LogP contribution in [0.15, 0.2) is 48.8 Å². The molecular formula is C18H21N3O3. The lowest BCUT2D eigenvalue weighted by atomic mass is 10.1. The average Bonchev–Trinajstić information content (AvgIpc) is 2.62. The van der Waals surface area contributed by atoms with E-state index in [0.717, 1.165) is 38.4 Å². The molecular weight excluding hydrogens is 306 g/mol. The fourth-order valence-corrected chi connectivity index (χ4v) is 2.73. The maximum atomic E-state index is 12.2. The van der Waals surface area contributed by atoms with Gasteiger partial charge in [0.1, 0.15) is 0 Å². The Morgan fingerprint density at radius 1 is 1.12 bits per heavy atom. The van der Waals surface area contributed by atoms with E-state index in [4.69, 9.17) is 4.74 Å². The zero-order valence-electron chi connectivity index (χ0n) is 13.5. The number of carbonyl (C=O) groups is 1. The third kappa shape index (κ3) is 4.31. The topological polar surface area (TPSA) is 68.5 Å². The monoisotopic (exact) mass is 327 g/mol. The van der Waals surface area contributed by atoms with Crippen molar-refractivity contribution in [2.75, 3.05) is 26.3 Å². The van der Waals surface area contributed by atoms with E-state index in [1.165, 1.54) is 30.1 Å². The number of morpholine rings is 1. The van der Waals surface area contributed by atoms with E-state index in [-0.39, 0.29) is 5.91 Å². The van der Waals surface area contributed by atoms with Gasteiger partial charge in [0, 0.05) is 38.3 Å². The molecule has 1 fully saturated rings. The number of pyridine rings is 1. The number of rotatable bonds is 5. The molecule has 1 aromatic carbocycles. The summed E-state index contributed by atoms with van der Waals surface area (Å²) in [5.41, 5.74) is 2.80. The van der Waals surface area contributed by atoms with Gasteiger partial charge in [0.15, 0.2) is 12.4 Å². The molecule has 1 amide bonds. The van der Waals surface area contributed by atoms with Gasteiger partial charge in [0.25, 0.3) is 5.91 Å². The number of ether oxygens (including phenoxy) is 1. The van der Waals surface area contributed by atoms with Crippen molar-refractivity contribution in [2.45, 2.75) is 13.1 Å². The summed E-state index contributed by atoms with van der Waals surface area (Å²) in [6, 6.07) is 11.2. The molecule has 126 valence electrons. The zero-order valence-corrected chi connectivity index (χ0v) is 13.5. The molecule has 1 N–H and O–H groups in total. The van der Waals surface area contributed by atoms with Crippen LogP contribution in [0.1, 0.15) is 21.5 Å². The van der Waals surface area contributed by atoms with Crippen molar-refractivity contribution in [1.82, 2.24) is 10.2 Å². The summed E-state index contributed by atoms with van der Waals surface area (Å²) in [4.78, 5) is 14.5. The number of hydrogen-bond donors (Lipinski definition) is 1. The molecule has 0 atom stereocenters. The molecule has 1 saturated heterocycles. The molecule has 6 heteroatoms. The van der Waals surface area contributed by atoms with Crippen LogP contribution in [0.2, 0.25) is 0 Å². The minimum atomic E-state index is -0.184. The quantitative estimate of drug-likeness (QED) is 0.659. The number of aromatic nitrogens is 1. The number of amides is 1. The maximum absolute atomic E-state index is 12.2. The second-order valence-corrected chi connectivity index (χ2v) is 5.79. The Kier molecular flexibility index (Phi) is 5.40. The molecule has 24 heavy (non-hydrogen) atoms. The highest BCUT2D eigenvalue weighted by Crippen LogP contribution is 2.13. The number of nitrogens with zero attached hydrogens (tertiary/aromatic N) is 2. The summed E-state index contributed by atoms with van der Waals surface area (Å²) in [6.45, 7) is 4.72. The number of benzene rings is 1. The van der Waals surface area contributed by atoms with Crippen LogP contribution in [0.4, 0.5) is 0 Å². The van der Waals surface area contributed by atoms with E-state index in [9.17, 15) is 10.0 Å². The van der Waals surface area contributed by atoms with Gasteiger partial charge >= 0.3 is 0 Å². The van der Waals surface area contributed by atoms with Crippen molar-refractivity contribution in [3.8, 4) is 0 Å². The molecule has 6 nitrogen and oxygen atoms in total. The van der Waals surface area contributed by atoms with E-state index in [1.807, 2.05) is 18.2 Å². The van der Waals surface area contributed by atoms with Gasteiger partial charge in [-0.1, -0.05) is 24.3 Å². The van der Waals surface area contributed by atoms with Crippen molar-refractivity contribution in [3.05, 3.63) is 70.7 Å². The molecule has 0 radical (unpaired) electrons. The van der Waals surface area contributed by atoms with E-state index >= 15 is 0 Å². The van der Waals surface area contributed by atoms with E-state index in [2.05, 4.69) is 16.3 Å². The van der Waals surface area contributed by atoms with Gasteiger partial charge in [-0.2, -0.15) is 4.73 Å². The van der Waals surface area contributed by atoms with Crippen molar-refractivity contribution in [3.63, 3.8) is 0 Å². The largest absolute Gasteiger partial charge is 0.619 e. The first-order valence-electron chi connectivity index (χ1n) is 8.06. The second-order valence-electron chi connectivity index (χ2n) is 5.79. The highest BCUT2D eigenvalue weighted by Gasteiger charge is 2.13. The minimum Gasteiger partial charge on any atom is -0.619 e. The van der Waals surface area contributed by atoms with Crippen LogP contribution in [0.3, 0.4) is 0 Å². The molecule has 0 spiro atoms. The van der Waals surface area contributed by atoms with Crippen LogP contribution >= 0.6 is 0 Å². The SMILES string of the molecule is O=C(NCc1ccccc1CN1CCOCC1)c1cc[n+]([O-])cc1. The Balaban J connectivity index is 1.62. The number of nitrogens with one attached hydrogen (secondary N) is 1. The van der Waals surface area contributed by atoms with Gasteiger partial charge in [-0.25, -0.2) is 0 Å². The third-order valence-electron chi connectivity index (χ3n) is 4.12. The Hall–Kier alpha value is -2.44. The summed E-state index contributed by atoms with van der Waals surface area (Å²) < 4.78 is 6.04. The number of hydrogen-bond acceptors (Lipinski definition) is 4. The predicted octanol–water partition coefficient (Wildman–Crippen LogP) is 1.08. The van der Waals surface area contributed by atoms with E-state index in [0.29, 0.717) is 16.8 Å². The van der Waals surface area contributed by atoms with E-state index in [1.54, 1.807) is 0 Å². The van der Waals surface area contributed by atoms with Gasteiger partial charge in [-0.15, -0.1) is 0 Å². The molecule has 0 unspecified atom stereocenters. The van der Waals surface area contributed by atoms with Crippen LogP contribution in [-0.4, -0.2) is 37.1 Å². The third-order valence-corrected chi connectivity index (χ3v) is 4.12. The Morgan fingerprint density at radius 3 is 2.50 bits per heavy atom. The molecule has 1 aliphatic heterocycles. The van der Waals surface area contributed by atoms with E-state index < -0.39 is 0 Å². The predicted molar refractivity (Wildman–Crippen MR) is 89.1 cm³/mol.